The molecule has 5 N–H and O–H groups in total. The largest absolute Gasteiger partial charge is 0.394 e. The Morgan fingerprint density at radius 1 is 1.38 bits per heavy atom. The number of nitrogens with two attached hydrogens (primary N) is 1. The minimum absolute atomic E-state index is 0.231. The van der Waals surface area contributed by atoms with Gasteiger partial charge in [-0.25, -0.2) is 15.0 Å². The Kier molecular flexibility index (Phi) is 3.71. The molecule has 0 aliphatic carbocycles. The molecule has 2 aromatic heterocycles. The van der Waals surface area contributed by atoms with Crippen LogP contribution >= 0.6 is 11.8 Å². The van der Waals surface area contributed by atoms with Crippen molar-refractivity contribution in [1.82, 2.24) is 19.5 Å². The maximum atomic E-state index is 10.1. The number of aliphatic hydroxyl groups is 3. The van der Waals surface area contributed by atoms with Gasteiger partial charge in [0.2, 0.25) is 0 Å². The third-order valence-electron chi connectivity index (χ3n) is 3.40. The molecule has 9 nitrogen and oxygen atoms in total. The lowest BCUT2D eigenvalue weighted by Crippen LogP contribution is -2.33. The Morgan fingerprint density at radius 2 is 2.14 bits per heavy atom. The van der Waals surface area contributed by atoms with Crippen LogP contribution in [0.2, 0.25) is 0 Å². The molecule has 4 atom stereocenters. The number of aromatic nitrogens is 4. The second-order valence-corrected chi connectivity index (χ2v) is 5.42. The molecule has 0 bridgehead atoms. The first kappa shape index (κ1) is 14.5. The van der Waals surface area contributed by atoms with E-state index in [-0.39, 0.29) is 5.82 Å². The van der Waals surface area contributed by atoms with Gasteiger partial charge in [-0.15, -0.1) is 0 Å². The maximum Gasteiger partial charge on any atom is 0.191 e. The number of anilines is 1. The number of imidazole rings is 1. The molecule has 3 rings (SSSR count). The summed E-state index contributed by atoms with van der Waals surface area (Å²) in [5.41, 5.74) is 6.63. The number of ether oxygens (including phenoxy) is 1. The normalized spacial score (nSPS) is 29.3. The summed E-state index contributed by atoms with van der Waals surface area (Å²) in [5.74, 6) is 0.231. The van der Waals surface area contributed by atoms with Gasteiger partial charge in [0.1, 0.15) is 23.8 Å². The monoisotopic (exact) mass is 313 g/mol. The maximum absolute atomic E-state index is 10.1. The molecular formula is C11H15N5O4S. The predicted octanol–water partition coefficient (Wildman–Crippen LogP) is -1.26. The number of hydrogen-bond donors (Lipinski definition) is 4. The zero-order valence-corrected chi connectivity index (χ0v) is 11.9. The Hall–Kier alpha value is -1.46. The van der Waals surface area contributed by atoms with Gasteiger partial charge in [-0.3, -0.25) is 4.57 Å². The van der Waals surface area contributed by atoms with E-state index < -0.39 is 31.1 Å². The predicted molar refractivity (Wildman–Crippen MR) is 74.5 cm³/mol. The molecule has 0 aromatic carbocycles. The summed E-state index contributed by atoms with van der Waals surface area (Å²) in [6.45, 7) is -0.394. The molecule has 1 saturated heterocycles. The Labute approximate surface area is 123 Å². The number of thioether (sulfide) groups is 1. The average molecular weight is 313 g/mol. The zero-order valence-electron chi connectivity index (χ0n) is 11.1. The third kappa shape index (κ3) is 2.24. The minimum Gasteiger partial charge on any atom is -0.394 e. The van der Waals surface area contributed by atoms with Crippen LogP contribution in [0.3, 0.4) is 0 Å². The van der Waals surface area contributed by atoms with E-state index in [2.05, 4.69) is 15.0 Å². The topological polar surface area (TPSA) is 140 Å². The molecule has 1 fully saturated rings. The van der Waals surface area contributed by atoms with E-state index in [4.69, 9.17) is 15.6 Å². The van der Waals surface area contributed by atoms with Crippen LogP contribution in [0.25, 0.3) is 11.2 Å². The van der Waals surface area contributed by atoms with Crippen LogP contribution in [0.5, 0.6) is 0 Å². The van der Waals surface area contributed by atoms with Crippen LogP contribution in [0.4, 0.5) is 5.82 Å². The molecule has 0 radical (unpaired) electrons. The third-order valence-corrected chi connectivity index (χ3v) is 3.95. The molecule has 10 heteroatoms. The molecule has 0 unspecified atom stereocenters. The standard InChI is InChI=1S/C11H15N5O4S/c1-21-11-14-8(12)5-9(15-11)16(3-13-5)10-7(19)6(18)4(2-17)20-10/h3-4,6-7,10,17-19H,2H2,1H3,(H2,12,14,15)/t4-,6-,7-,10-/m1/s1. The van der Waals surface area contributed by atoms with E-state index in [0.29, 0.717) is 16.3 Å². The van der Waals surface area contributed by atoms with Crippen molar-refractivity contribution in [1.29, 1.82) is 0 Å². The number of nitrogens with zero attached hydrogens (tertiary/aromatic N) is 4. The molecule has 3 heterocycles. The molecule has 1 aliphatic heterocycles. The lowest BCUT2D eigenvalue weighted by atomic mass is 10.1. The molecule has 114 valence electrons. The zero-order chi connectivity index (χ0) is 15.1. The second-order valence-electron chi connectivity index (χ2n) is 4.65. The number of fused-ring (bicyclic) bond motifs is 1. The van der Waals surface area contributed by atoms with Crippen molar-refractivity contribution in [2.45, 2.75) is 29.7 Å². The van der Waals surface area contributed by atoms with Crippen LogP contribution in [0, 0.1) is 0 Å². The first-order valence-electron chi connectivity index (χ1n) is 6.23. The summed E-state index contributed by atoms with van der Waals surface area (Å²) in [7, 11) is 0. The van der Waals surface area contributed by atoms with Crippen molar-refractivity contribution in [2.75, 3.05) is 18.6 Å². The van der Waals surface area contributed by atoms with Crippen molar-refractivity contribution in [2.24, 2.45) is 0 Å². The molecular weight excluding hydrogens is 298 g/mol. The highest BCUT2D eigenvalue weighted by Crippen LogP contribution is 2.32. The molecule has 1 aliphatic rings. The molecule has 0 spiro atoms. The molecule has 2 aromatic rings. The van der Waals surface area contributed by atoms with Crippen LogP contribution in [0.15, 0.2) is 11.5 Å². The Balaban J connectivity index is 2.07. The summed E-state index contributed by atoms with van der Waals surface area (Å²) in [4.78, 5) is 12.5. The smallest absolute Gasteiger partial charge is 0.191 e. The number of nitrogen functional groups attached to an aromatic ring is 1. The van der Waals surface area contributed by atoms with Gasteiger partial charge in [0, 0.05) is 0 Å². The van der Waals surface area contributed by atoms with E-state index in [1.807, 2.05) is 6.26 Å². The summed E-state index contributed by atoms with van der Waals surface area (Å²) in [5, 5.41) is 29.5. The van der Waals surface area contributed by atoms with Crippen LogP contribution in [0.1, 0.15) is 6.23 Å². The van der Waals surface area contributed by atoms with Gasteiger partial charge >= 0.3 is 0 Å². The minimum atomic E-state index is -1.20. The van der Waals surface area contributed by atoms with Gasteiger partial charge in [-0.2, -0.15) is 0 Å². The number of rotatable bonds is 3. The molecule has 21 heavy (non-hydrogen) atoms. The van der Waals surface area contributed by atoms with Crippen LogP contribution < -0.4 is 5.73 Å². The first-order chi connectivity index (χ1) is 10.1. The van der Waals surface area contributed by atoms with E-state index in [9.17, 15) is 10.2 Å². The van der Waals surface area contributed by atoms with E-state index in [1.165, 1.54) is 22.7 Å². The fourth-order valence-corrected chi connectivity index (χ4v) is 2.67. The molecule has 0 amide bonds. The quantitative estimate of drug-likeness (QED) is 0.404. The Morgan fingerprint density at radius 3 is 2.76 bits per heavy atom. The van der Waals surface area contributed by atoms with Gasteiger partial charge < -0.3 is 25.8 Å². The van der Waals surface area contributed by atoms with Gasteiger partial charge in [0.05, 0.1) is 12.9 Å². The van der Waals surface area contributed by atoms with Gasteiger partial charge in [0.25, 0.3) is 0 Å². The SMILES string of the molecule is CSc1nc(N)c2ncn([C@@H]3O[C@H](CO)[C@@H](O)[C@H]3O)c2n1. The van der Waals surface area contributed by atoms with E-state index in [0.717, 1.165) is 0 Å². The second kappa shape index (κ2) is 5.39. The van der Waals surface area contributed by atoms with Crippen LogP contribution in [-0.2, 0) is 4.74 Å². The summed E-state index contributed by atoms with van der Waals surface area (Å²) < 4.78 is 6.95. The highest BCUT2D eigenvalue weighted by Gasteiger charge is 2.44. The van der Waals surface area contributed by atoms with Crippen LogP contribution in [-0.4, -0.2) is 66.0 Å². The van der Waals surface area contributed by atoms with Crippen molar-refractivity contribution in [3.05, 3.63) is 6.33 Å². The highest BCUT2D eigenvalue weighted by molar-refractivity contribution is 7.98. The van der Waals surface area contributed by atoms with E-state index >= 15 is 0 Å². The fourth-order valence-electron chi connectivity index (χ4n) is 2.30. The van der Waals surface area contributed by atoms with Gasteiger partial charge in [0.15, 0.2) is 22.8 Å². The van der Waals surface area contributed by atoms with Crippen molar-refractivity contribution in [3.8, 4) is 0 Å². The lowest BCUT2D eigenvalue weighted by Gasteiger charge is -2.16. The average Bonchev–Trinajstić information content (AvgIpc) is 3.02. The molecule has 0 saturated carbocycles. The first-order valence-corrected chi connectivity index (χ1v) is 7.45. The number of hydrogen-bond acceptors (Lipinski definition) is 9. The van der Waals surface area contributed by atoms with Crippen molar-refractivity contribution >= 4 is 28.7 Å². The fraction of sp³-hybridized carbons (Fsp3) is 0.545. The van der Waals surface area contributed by atoms with Crippen molar-refractivity contribution < 1.29 is 20.1 Å². The van der Waals surface area contributed by atoms with Gasteiger partial charge in [-0.05, 0) is 6.26 Å². The highest BCUT2D eigenvalue weighted by atomic mass is 32.2. The summed E-state index contributed by atoms with van der Waals surface area (Å²) in [6, 6.07) is 0. The summed E-state index contributed by atoms with van der Waals surface area (Å²) in [6.07, 6.45) is -0.911. The Bertz CT molecular complexity index is 665. The summed E-state index contributed by atoms with van der Waals surface area (Å²) >= 11 is 1.32. The van der Waals surface area contributed by atoms with E-state index in [1.54, 1.807) is 0 Å². The van der Waals surface area contributed by atoms with Gasteiger partial charge in [-0.1, -0.05) is 11.8 Å². The lowest BCUT2D eigenvalue weighted by molar-refractivity contribution is -0.0511. The van der Waals surface area contributed by atoms with Crippen molar-refractivity contribution in [3.63, 3.8) is 0 Å². The number of aliphatic hydroxyl groups excluding tert-OH is 3.